The first-order valence-electron chi connectivity index (χ1n) is 10.2. The maximum atomic E-state index is 12.5. The summed E-state index contributed by atoms with van der Waals surface area (Å²) in [5.41, 5.74) is 4.54. The molecule has 0 radical (unpaired) electrons. The van der Waals surface area contributed by atoms with Crippen LogP contribution in [-0.4, -0.2) is 33.4 Å². The first-order chi connectivity index (χ1) is 13.6. The zero-order valence-corrected chi connectivity index (χ0v) is 16.7. The quantitative estimate of drug-likeness (QED) is 0.729. The topological polar surface area (TPSA) is 50.2 Å². The van der Waals surface area contributed by atoms with Gasteiger partial charge in [0.25, 0.3) is 5.91 Å². The minimum Gasteiger partial charge on any atom is -0.330 e. The van der Waals surface area contributed by atoms with Crippen molar-refractivity contribution in [2.45, 2.75) is 39.2 Å². The van der Waals surface area contributed by atoms with Crippen LogP contribution in [0.5, 0.6) is 0 Å². The van der Waals surface area contributed by atoms with Crippen molar-refractivity contribution in [3.8, 4) is 0 Å². The molecular weight excluding hydrogens is 348 g/mol. The molecule has 0 unspecified atom stereocenters. The summed E-state index contributed by atoms with van der Waals surface area (Å²) in [7, 11) is 2.08. The minimum absolute atomic E-state index is 0.0937. The Morgan fingerprint density at radius 1 is 1.07 bits per heavy atom. The third-order valence-electron chi connectivity index (χ3n) is 5.58. The predicted molar refractivity (Wildman–Crippen MR) is 114 cm³/mol. The van der Waals surface area contributed by atoms with Gasteiger partial charge in [-0.15, -0.1) is 0 Å². The Hall–Kier alpha value is -2.66. The SMILES string of the molecule is Cc1cccc(C(=O)Nc2ccc3c(c2)nc(CN2CCCCCC2)n3C)c1. The first kappa shape index (κ1) is 18.7. The molecule has 1 N–H and O–H groups in total. The van der Waals surface area contributed by atoms with Crippen LogP contribution in [0.4, 0.5) is 5.69 Å². The number of fused-ring (bicyclic) bond motifs is 1. The van der Waals surface area contributed by atoms with Crippen LogP contribution >= 0.6 is 0 Å². The molecule has 2 heterocycles. The van der Waals surface area contributed by atoms with E-state index in [2.05, 4.69) is 21.8 Å². The highest BCUT2D eigenvalue weighted by Gasteiger charge is 2.15. The summed E-state index contributed by atoms with van der Waals surface area (Å²) >= 11 is 0. The van der Waals surface area contributed by atoms with Crippen molar-refractivity contribution in [1.29, 1.82) is 0 Å². The average molecular weight is 377 g/mol. The Balaban J connectivity index is 1.53. The molecule has 2 aromatic carbocycles. The Kier molecular flexibility index (Phi) is 5.44. The maximum absolute atomic E-state index is 12.5. The number of carbonyl (C=O) groups excluding carboxylic acids is 1. The Labute approximate surface area is 166 Å². The fourth-order valence-corrected chi connectivity index (χ4v) is 3.95. The lowest BCUT2D eigenvalue weighted by Gasteiger charge is -2.19. The van der Waals surface area contributed by atoms with Gasteiger partial charge in [-0.1, -0.05) is 30.5 Å². The van der Waals surface area contributed by atoms with Gasteiger partial charge in [0.15, 0.2) is 0 Å². The molecule has 0 bridgehead atoms. The minimum atomic E-state index is -0.0937. The lowest BCUT2D eigenvalue weighted by molar-refractivity contribution is 0.102. The van der Waals surface area contributed by atoms with Gasteiger partial charge < -0.3 is 9.88 Å². The molecule has 1 aliphatic heterocycles. The van der Waals surface area contributed by atoms with E-state index in [1.807, 2.05) is 49.4 Å². The number of carbonyl (C=O) groups is 1. The van der Waals surface area contributed by atoms with Crippen LogP contribution in [0, 0.1) is 6.92 Å². The molecule has 28 heavy (non-hydrogen) atoms. The molecule has 0 saturated carbocycles. The molecule has 1 saturated heterocycles. The predicted octanol–water partition coefficient (Wildman–Crippen LogP) is 4.51. The van der Waals surface area contributed by atoms with Crippen LogP contribution in [0.1, 0.15) is 47.4 Å². The summed E-state index contributed by atoms with van der Waals surface area (Å²) in [6.45, 7) is 5.18. The number of nitrogens with one attached hydrogen (secondary N) is 1. The fourth-order valence-electron chi connectivity index (χ4n) is 3.95. The molecule has 1 fully saturated rings. The van der Waals surface area contributed by atoms with Crippen molar-refractivity contribution in [1.82, 2.24) is 14.5 Å². The average Bonchev–Trinajstić information content (AvgIpc) is 2.85. The normalized spacial score (nSPS) is 15.5. The Bertz CT molecular complexity index is 983. The van der Waals surface area contributed by atoms with E-state index in [9.17, 15) is 4.79 Å². The Morgan fingerprint density at radius 2 is 1.86 bits per heavy atom. The van der Waals surface area contributed by atoms with Gasteiger partial charge in [-0.25, -0.2) is 4.98 Å². The number of likely N-dealkylation sites (tertiary alicyclic amines) is 1. The standard InChI is InChI=1S/C23H28N4O/c1-17-8-7-9-18(14-17)23(28)24-19-10-11-21-20(15-19)25-22(26(21)2)16-27-12-5-3-4-6-13-27/h7-11,14-15H,3-6,12-13,16H2,1-2H3,(H,24,28). The lowest BCUT2D eigenvalue weighted by atomic mass is 10.1. The molecule has 0 spiro atoms. The second-order valence-corrected chi connectivity index (χ2v) is 7.80. The van der Waals surface area contributed by atoms with Gasteiger partial charge in [0, 0.05) is 18.3 Å². The van der Waals surface area contributed by atoms with Crippen molar-refractivity contribution in [2.75, 3.05) is 18.4 Å². The maximum Gasteiger partial charge on any atom is 0.255 e. The van der Waals surface area contributed by atoms with Gasteiger partial charge in [-0.2, -0.15) is 0 Å². The van der Waals surface area contributed by atoms with Gasteiger partial charge in [-0.3, -0.25) is 9.69 Å². The van der Waals surface area contributed by atoms with Gasteiger partial charge >= 0.3 is 0 Å². The van der Waals surface area contributed by atoms with E-state index in [-0.39, 0.29) is 5.91 Å². The van der Waals surface area contributed by atoms with E-state index in [0.29, 0.717) is 5.56 Å². The number of anilines is 1. The number of rotatable bonds is 4. The Morgan fingerprint density at radius 3 is 2.61 bits per heavy atom. The molecule has 1 aliphatic rings. The summed E-state index contributed by atoms with van der Waals surface area (Å²) in [6, 6.07) is 13.6. The smallest absolute Gasteiger partial charge is 0.255 e. The van der Waals surface area contributed by atoms with Crippen molar-refractivity contribution < 1.29 is 4.79 Å². The van der Waals surface area contributed by atoms with E-state index in [4.69, 9.17) is 4.98 Å². The highest BCUT2D eigenvalue weighted by atomic mass is 16.1. The van der Waals surface area contributed by atoms with Crippen LogP contribution in [0.15, 0.2) is 42.5 Å². The zero-order valence-electron chi connectivity index (χ0n) is 16.7. The molecule has 5 heteroatoms. The summed E-state index contributed by atoms with van der Waals surface area (Å²) in [5.74, 6) is 0.989. The largest absolute Gasteiger partial charge is 0.330 e. The third kappa shape index (κ3) is 4.09. The summed E-state index contributed by atoms with van der Waals surface area (Å²) in [5, 5.41) is 3.00. The summed E-state index contributed by atoms with van der Waals surface area (Å²) < 4.78 is 2.17. The molecule has 3 aromatic rings. The van der Waals surface area contributed by atoms with Crippen molar-refractivity contribution in [3.05, 3.63) is 59.4 Å². The van der Waals surface area contributed by atoms with E-state index in [0.717, 1.165) is 47.7 Å². The number of aromatic nitrogens is 2. The monoisotopic (exact) mass is 376 g/mol. The zero-order chi connectivity index (χ0) is 19.5. The van der Waals surface area contributed by atoms with Gasteiger partial charge in [0.1, 0.15) is 5.82 Å². The lowest BCUT2D eigenvalue weighted by Crippen LogP contribution is -2.25. The number of aryl methyl sites for hydroxylation is 2. The molecular formula is C23H28N4O. The number of hydrogen-bond acceptors (Lipinski definition) is 3. The second-order valence-electron chi connectivity index (χ2n) is 7.80. The van der Waals surface area contributed by atoms with Crippen LogP contribution in [0.2, 0.25) is 0 Å². The van der Waals surface area contributed by atoms with Crippen LogP contribution in [0.3, 0.4) is 0 Å². The molecule has 5 nitrogen and oxygen atoms in total. The van der Waals surface area contributed by atoms with E-state index in [1.54, 1.807) is 0 Å². The number of hydrogen-bond donors (Lipinski definition) is 1. The highest BCUT2D eigenvalue weighted by Crippen LogP contribution is 2.22. The molecule has 4 rings (SSSR count). The highest BCUT2D eigenvalue weighted by molar-refractivity contribution is 6.05. The molecule has 1 amide bonds. The van der Waals surface area contributed by atoms with Crippen LogP contribution in [0.25, 0.3) is 11.0 Å². The number of amides is 1. The van der Waals surface area contributed by atoms with E-state index < -0.39 is 0 Å². The fraction of sp³-hybridized carbons (Fsp3) is 0.391. The van der Waals surface area contributed by atoms with Crippen molar-refractivity contribution in [3.63, 3.8) is 0 Å². The van der Waals surface area contributed by atoms with E-state index in [1.165, 1.54) is 25.7 Å². The molecule has 0 aliphatic carbocycles. The molecule has 146 valence electrons. The van der Waals surface area contributed by atoms with Crippen molar-refractivity contribution >= 4 is 22.6 Å². The number of benzene rings is 2. The molecule has 0 atom stereocenters. The van der Waals surface area contributed by atoms with Gasteiger partial charge in [0.05, 0.1) is 17.6 Å². The van der Waals surface area contributed by atoms with Crippen LogP contribution < -0.4 is 5.32 Å². The summed E-state index contributed by atoms with van der Waals surface area (Å²) in [4.78, 5) is 19.9. The second kappa shape index (κ2) is 8.15. The first-order valence-corrected chi connectivity index (χ1v) is 10.2. The van der Waals surface area contributed by atoms with Crippen molar-refractivity contribution in [2.24, 2.45) is 7.05 Å². The van der Waals surface area contributed by atoms with Crippen LogP contribution in [-0.2, 0) is 13.6 Å². The number of imidazole rings is 1. The van der Waals surface area contributed by atoms with E-state index >= 15 is 0 Å². The third-order valence-corrected chi connectivity index (χ3v) is 5.58. The summed E-state index contributed by atoms with van der Waals surface area (Å²) in [6.07, 6.45) is 5.23. The number of nitrogens with zero attached hydrogens (tertiary/aromatic N) is 3. The molecule has 1 aromatic heterocycles. The van der Waals surface area contributed by atoms with Gasteiger partial charge in [0.2, 0.25) is 0 Å². The van der Waals surface area contributed by atoms with Gasteiger partial charge in [-0.05, 0) is 63.2 Å².